The van der Waals surface area contributed by atoms with Crippen molar-refractivity contribution in [2.45, 2.75) is 19.2 Å². The van der Waals surface area contributed by atoms with Crippen molar-refractivity contribution in [2.24, 2.45) is 0 Å². The number of nitrogens with one attached hydrogen (secondary N) is 2. The van der Waals surface area contributed by atoms with Gasteiger partial charge >= 0.3 is 11.8 Å². The molecule has 0 aromatic heterocycles. The summed E-state index contributed by atoms with van der Waals surface area (Å²) in [4.78, 5) is 23.8. The Bertz CT molecular complexity index is 684. The number of carbonyl (C=O) groups is 2. The van der Waals surface area contributed by atoms with Crippen LogP contribution < -0.4 is 10.6 Å². The van der Waals surface area contributed by atoms with Gasteiger partial charge in [0.2, 0.25) is 0 Å². The molecule has 0 bridgehead atoms. The molecule has 5 heteroatoms. The van der Waals surface area contributed by atoms with Gasteiger partial charge in [0.25, 0.3) is 0 Å². The van der Waals surface area contributed by atoms with E-state index < -0.39 is 11.8 Å². The predicted molar refractivity (Wildman–Crippen MR) is 95.3 cm³/mol. The third-order valence-corrected chi connectivity index (χ3v) is 4.05. The fourth-order valence-corrected chi connectivity index (χ4v) is 2.63. The monoisotopic (exact) mass is 328 g/mol. The van der Waals surface area contributed by atoms with Gasteiger partial charge in [0.1, 0.15) is 0 Å². The summed E-state index contributed by atoms with van der Waals surface area (Å²) in [7, 11) is 0. The highest BCUT2D eigenvalue weighted by Crippen LogP contribution is 2.13. The standard InChI is InChI=1S/C18H20N2O2S/c1-13-5-3-4-6-15(13)11-19-17(21)18(22)20-16-9-7-14(8-10-16)12-23-2/h3-10H,11-12H2,1-2H3,(H,19,21)(H,20,22). The van der Waals surface area contributed by atoms with Gasteiger partial charge in [-0.05, 0) is 42.0 Å². The molecule has 0 unspecified atom stereocenters. The number of carbonyl (C=O) groups excluding carboxylic acids is 2. The molecule has 4 nitrogen and oxygen atoms in total. The largest absolute Gasteiger partial charge is 0.344 e. The van der Waals surface area contributed by atoms with E-state index in [9.17, 15) is 9.59 Å². The van der Waals surface area contributed by atoms with Gasteiger partial charge in [0.15, 0.2) is 0 Å². The normalized spacial score (nSPS) is 10.2. The van der Waals surface area contributed by atoms with E-state index in [4.69, 9.17) is 0 Å². The molecule has 0 spiro atoms. The predicted octanol–water partition coefficient (Wildman–Crippen LogP) is 3.11. The average molecular weight is 328 g/mol. The molecule has 0 aliphatic heterocycles. The van der Waals surface area contributed by atoms with Gasteiger partial charge in [-0.1, -0.05) is 36.4 Å². The number of rotatable bonds is 5. The van der Waals surface area contributed by atoms with Crippen LogP contribution in [-0.2, 0) is 21.9 Å². The van der Waals surface area contributed by atoms with Crippen LogP contribution in [0, 0.1) is 6.92 Å². The first-order valence-electron chi connectivity index (χ1n) is 7.31. The Labute approximate surface area is 140 Å². The fourth-order valence-electron chi connectivity index (χ4n) is 2.10. The molecule has 23 heavy (non-hydrogen) atoms. The second kappa shape index (κ2) is 8.39. The quantitative estimate of drug-likeness (QED) is 0.829. The van der Waals surface area contributed by atoms with Crippen LogP contribution in [0.3, 0.4) is 0 Å². The SMILES string of the molecule is CSCc1ccc(NC(=O)C(=O)NCc2ccccc2C)cc1. The Morgan fingerprint density at radius 3 is 2.35 bits per heavy atom. The van der Waals surface area contributed by atoms with E-state index in [0.29, 0.717) is 12.2 Å². The van der Waals surface area contributed by atoms with Gasteiger partial charge in [-0.2, -0.15) is 11.8 Å². The topological polar surface area (TPSA) is 58.2 Å². The third-order valence-electron chi connectivity index (χ3n) is 3.43. The number of thioether (sulfide) groups is 1. The molecule has 2 amide bonds. The number of aryl methyl sites for hydroxylation is 1. The molecule has 0 heterocycles. The van der Waals surface area contributed by atoms with Crippen LogP contribution in [-0.4, -0.2) is 18.1 Å². The van der Waals surface area contributed by atoms with Crippen molar-refractivity contribution in [2.75, 3.05) is 11.6 Å². The van der Waals surface area contributed by atoms with E-state index in [1.54, 1.807) is 23.9 Å². The number of anilines is 1. The van der Waals surface area contributed by atoms with Crippen LogP contribution >= 0.6 is 11.8 Å². The summed E-state index contributed by atoms with van der Waals surface area (Å²) in [6.07, 6.45) is 2.04. The van der Waals surface area contributed by atoms with E-state index in [-0.39, 0.29) is 0 Å². The van der Waals surface area contributed by atoms with Gasteiger partial charge in [0.05, 0.1) is 0 Å². The summed E-state index contributed by atoms with van der Waals surface area (Å²) in [6, 6.07) is 15.2. The summed E-state index contributed by atoms with van der Waals surface area (Å²) in [5.74, 6) is -0.372. The maximum absolute atomic E-state index is 11.9. The first kappa shape index (κ1) is 17.1. The zero-order chi connectivity index (χ0) is 16.7. The van der Waals surface area contributed by atoms with Gasteiger partial charge < -0.3 is 10.6 Å². The molecular formula is C18H20N2O2S. The van der Waals surface area contributed by atoms with Crippen LogP contribution in [0.25, 0.3) is 0 Å². The minimum absolute atomic E-state index is 0.339. The molecule has 2 aromatic rings. The van der Waals surface area contributed by atoms with E-state index >= 15 is 0 Å². The van der Waals surface area contributed by atoms with E-state index in [1.807, 2.05) is 49.6 Å². The summed E-state index contributed by atoms with van der Waals surface area (Å²) < 4.78 is 0. The number of amides is 2. The molecule has 2 rings (SSSR count). The van der Waals surface area contributed by atoms with Gasteiger partial charge in [0, 0.05) is 18.0 Å². The third kappa shape index (κ3) is 5.14. The minimum Gasteiger partial charge on any atom is -0.344 e. The molecule has 2 aromatic carbocycles. The zero-order valence-corrected chi connectivity index (χ0v) is 14.1. The average Bonchev–Trinajstić information content (AvgIpc) is 2.56. The van der Waals surface area contributed by atoms with Crippen molar-refractivity contribution < 1.29 is 9.59 Å². The minimum atomic E-state index is -0.656. The van der Waals surface area contributed by atoms with Crippen molar-refractivity contribution >= 4 is 29.3 Å². The van der Waals surface area contributed by atoms with E-state index in [2.05, 4.69) is 10.6 Å². The van der Waals surface area contributed by atoms with Crippen molar-refractivity contribution in [3.63, 3.8) is 0 Å². The van der Waals surface area contributed by atoms with Gasteiger partial charge in [-0.3, -0.25) is 9.59 Å². The van der Waals surface area contributed by atoms with Gasteiger partial charge in [-0.25, -0.2) is 0 Å². The fraction of sp³-hybridized carbons (Fsp3) is 0.222. The summed E-state index contributed by atoms with van der Waals surface area (Å²) in [6.45, 7) is 2.31. The van der Waals surface area contributed by atoms with Crippen LogP contribution in [0.1, 0.15) is 16.7 Å². The van der Waals surface area contributed by atoms with Crippen molar-refractivity contribution in [3.05, 3.63) is 65.2 Å². The number of hydrogen-bond acceptors (Lipinski definition) is 3. The second-order valence-electron chi connectivity index (χ2n) is 5.19. The zero-order valence-electron chi connectivity index (χ0n) is 13.3. The molecule has 120 valence electrons. The molecule has 0 radical (unpaired) electrons. The highest BCUT2D eigenvalue weighted by Gasteiger charge is 2.13. The first-order chi connectivity index (χ1) is 11.1. The lowest BCUT2D eigenvalue weighted by molar-refractivity contribution is -0.136. The lowest BCUT2D eigenvalue weighted by Gasteiger charge is -2.09. The molecule has 0 atom stereocenters. The van der Waals surface area contributed by atoms with E-state index in [1.165, 1.54) is 5.56 Å². The Kier molecular flexibility index (Phi) is 6.23. The molecule has 0 aliphatic rings. The highest BCUT2D eigenvalue weighted by atomic mass is 32.2. The number of benzene rings is 2. The van der Waals surface area contributed by atoms with Crippen molar-refractivity contribution in [1.29, 1.82) is 0 Å². The Hall–Kier alpha value is -2.27. The van der Waals surface area contributed by atoms with Crippen LogP contribution in [0.5, 0.6) is 0 Å². The highest BCUT2D eigenvalue weighted by molar-refractivity contribution is 7.97. The molecule has 0 saturated carbocycles. The van der Waals surface area contributed by atoms with Crippen LogP contribution in [0.4, 0.5) is 5.69 Å². The number of hydrogen-bond donors (Lipinski definition) is 2. The smallest absolute Gasteiger partial charge is 0.313 e. The maximum Gasteiger partial charge on any atom is 0.313 e. The molecule has 0 fully saturated rings. The Balaban J connectivity index is 1.87. The van der Waals surface area contributed by atoms with Crippen LogP contribution in [0.2, 0.25) is 0 Å². The summed E-state index contributed by atoms with van der Waals surface area (Å²) in [5.41, 5.74) is 3.87. The Morgan fingerprint density at radius 2 is 1.70 bits per heavy atom. The Morgan fingerprint density at radius 1 is 1.00 bits per heavy atom. The van der Waals surface area contributed by atoms with Gasteiger partial charge in [-0.15, -0.1) is 0 Å². The van der Waals surface area contributed by atoms with E-state index in [0.717, 1.165) is 16.9 Å². The lowest BCUT2D eigenvalue weighted by atomic mass is 10.1. The lowest BCUT2D eigenvalue weighted by Crippen LogP contribution is -2.35. The summed E-state index contributed by atoms with van der Waals surface area (Å²) in [5, 5.41) is 5.24. The second-order valence-corrected chi connectivity index (χ2v) is 6.06. The van der Waals surface area contributed by atoms with Crippen molar-refractivity contribution in [3.8, 4) is 0 Å². The maximum atomic E-state index is 11.9. The van der Waals surface area contributed by atoms with Crippen LogP contribution in [0.15, 0.2) is 48.5 Å². The molecule has 0 saturated heterocycles. The molecule has 2 N–H and O–H groups in total. The molecular weight excluding hydrogens is 308 g/mol. The molecule has 0 aliphatic carbocycles. The summed E-state index contributed by atoms with van der Waals surface area (Å²) >= 11 is 1.73. The van der Waals surface area contributed by atoms with Crippen molar-refractivity contribution in [1.82, 2.24) is 5.32 Å². The first-order valence-corrected chi connectivity index (χ1v) is 8.71.